The summed E-state index contributed by atoms with van der Waals surface area (Å²) in [6.45, 7) is 4.23. The molecule has 0 spiro atoms. The molecule has 0 saturated heterocycles. The maximum absolute atomic E-state index is 4.41. The predicted octanol–water partition coefficient (Wildman–Crippen LogP) is 5.37. The van der Waals surface area contributed by atoms with Crippen molar-refractivity contribution < 1.29 is 0 Å². The smallest absolute Gasteiger partial charge is 0.115 e. The largest absolute Gasteiger partial charge is 0.247 e. The van der Waals surface area contributed by atoms with Crippen molar-refractivity contribution in [2.24, 2.45) is 0 Å². The topological polar surface area (TPSA) is 12.9 Å². The summed E-state index contributed by atoms with van der Waals surface area (Å²) >= 11 is 8.61. The monoisotopic (exact) mass is 371 g/mol. The fraction of sp³-hybridized carbons (Fsp3) is 0.154. The number of benzene rings is 1. The highest BCUT2D eigenvalue weighted by Gasteiger charge is 2.06. The second-order valence-corrected chi connectivity index (χ2v) is 6.61. The van der Waals surface area contributed by atoms with Crippen LogP contribution in [0.1, 0.15) is 11.1 Å². The van der Waals surface area contributed by atoms with Crippen LogP contribution in [0.25, 0.3) is 0 Å². The van der Waals surface area contributed by atoms with E-state index in [1.165, 1.54) is 16.0 Å². The van der Waals surface area contributed by atoms with Crippen molar-refractivity contribution in [3.05, 3.63) is 50.5 Å². The molecular weight excluding hydrogens is 362 g/mol. The molecule has 1 nitrogen and oxygen atoms in total. The Morgan fingerprint density at radius 2 is 1.88 bits per heavy atom. The van der Waals surface area contributed by atoms with Gasteiger partial charge in [-0.3, -0.25) is 0 Å². The van der Waals surface area contributed by atoms with Crippen LogP contribution in [0, 0.1) is 13.8 Å². The Balaban J connectivity index is 2.31. The third-order valence-corrected chi connectivity index (χ3v) is 4.81. The van der Waals surface area contributed by atoms with Gasteiger partial charge in [-0.15, -0.1) is 0 Å². The zero-order valence-corrected chi connectivity index (χ0v) is 13.5. The highest BCUT2D eigenvalue weighted by molar-refractivity contribution is 9.11. The summed E-state index contributed by atoms with van der Waals surface area (Å²) in [4.78, 5) is 5.65. The normalized spacial score (nSPS) is 10.6. The van der Waals surface area contributed by atoms with Crippen molar-refractivity contribution in [3.63, 3.8) is 0 Å². The quantitative estimate of drug-likeness (QED) is 0.702. The summed E-state index contributed by atoms with van der Waals surface area (Å²) in [5, 5.41) is 0.986. The number of halogens is 2. The van der Waals surface area contributed by atoms with Crippen LogP contribution in [0.5, 0.6) is 0 Å². The number of aryl methyl sites for hydroxylation is 2. The minimum atomic E-state index is 0.981. The minimum absolute atomic E-state index is 0.981. The molecule has 0 amide bonds. The Labute approximate surface area is 122 Å². The molecule has 0 unspecified atom stereocenters. The van der Waals surface area contributed by atoms with Crippen molar-refractivity contribution in [3.8, 4) is 0 Å². The van der Waals surface area contributed by atoms with Gasteiger partial charge in [0, 0.05) is 15.6 Å². The van der Waals surface area contributed by atoms with Gasteiger partial charge in [0.25, 0.3) is 0 Å². The molecular formula is C13H11Br2NS. The van der Waals surface area contributed by atoms with E-state index in [1.807, 2.05) is 12.3 Å². The Hall–Kier alpha value is -0.320. The maximum atomic E-state index is 4.41. The van der Waals surface area contributed by atoms with Crippen LogP contribution < -0.4 is 0 Å². The fourth-order valence-corrected chi connectivity index (χ4v) is 3.55. The van der Waals surface area contributed by atoms with Gasteiger partial charge in [-0.1, -0.05) is 29.5 Å². The molecule has 0 radical (unpaired) electrons. The first kappa shape index (κ1) is 13.1. The molecule has 1 heterocycles. The van der Waals surface area contributed by atoms with Gasteiger partial charge in [0.15, 0.2) is 0 Å². The third kappa shape index (κ3) is 3.33. The maximum Gasteiger partial charge on any atom is 0.115 e. The Kier molecular flexibility index (Phi) is 4.28. The number of pyridine rings is 1. The molecule has 0 atom stereocenters. The number of nitrogens with zero attached hydrogens (tertiary/aromatic N) is 1. The molecule has 1 aromatic carbocycles. The second-order valence-electron chi connectivity index (χ2n) is 3.81. The molecule has 0 aliphatic rings. The van der Waals surface area contributed by atoms with Crippen LogP contribution in [0.3, 0.4) is 0 Å². The Bertz CT molecular complexity index is 506. The zero-order valence-electron chi connectivity index (χ0n) is 9.50. The van der Waals surface area contributed by atoms with Gasteiger partial charge in [-0.2, -0.15) is 0 Å². The van der Waals surface area contributed by atoms with E-state index in [9.17, 15) is 0 Å². The highest BCUT2D eigenvalue weighted by atomic mass is 79.9. The van der Waals surface area contributed by atoms with Gasteiger partial charge in [-0.25, -0.2) is 4.98 Å². The van der Waals surface area contributed by atoms with E-state index in [-0.39, 0.29) is 0 Å². The van der Waals surface area contributed by atoms with Crippen molar-refractivity contribution in [1.29, 1.82) is 0 Å². The molecule has 88 valence electrons. The summed E-state index contributed by atoms with van der Waals surface area (Å²) in [5.41, 5.74) is 2.57. The lowest BCUT2D eigenvalue weighted by atomic mass is 10.2. The van der Waals surface area contributed by atoms with Crippen molar-refractivity contribution in [1.82, 2.24) is 4.98 Å². The van der Waals surface area contributed by atoms with Gasteiger partial charge in [-0.05, 0) is 63.4 Å². The number of aromatic nitrogens is 1. The van der Waals surface area contributed by atoms with E-state index in [0.29, 0.717) is 0 Å². The molecule has 0 aliphatic heterocycles. The van der Waals surface area contributed by atoms with Gasteiger partial charge < -0.3 is 0 Å². The lowest BCUT2D eigenvalue weighted by Gasteiger charge is -2.07. The van der Waals surface area contributed by atoms with Crippen molar-refractivity contribution in [2.75, 3.05) is 0 Å². The van der Waals surface area contributed by atoms with Gasteiger partial charge in [0.2, 0.25) is 0 Å². The van der Waals surface area contributed by atoms with Crippen LogP contribution in [-0.4, -0.2) is 4.98 Å². The van der Waals surface area contributed by atoms with Crippen molar-refractivity contribution in [2.45, 2.75) is 23.8 Å². The van der Waals surface area contributed by atoms with E-state index in [1.54, 1.807) is 11.8 Å². The van der Waals surface area contributed by atoms with Crippen LogP contribution in [0.15, 0.2) is 49.3 Å². The molecule has 2 rings (SSSR count). The highest BCUT2D eigenvalue weighted by Crippen LogP contribution is 2.34. The summed E-state index contributed by atoms with van der Waals surface area (Å²) in [6.07, 6.45) is 1.82. The molecule has 4 heteroatoms. The standard InChI is InChI=1S/C13H11Br2NS/c1-8-3-4-12(9(2)5-8)17-13-11(15)6-10(14)7-16-13/h3-7H,1-2H3. The molecule has 0 bridgehead atoms. The van der Waals surface area contributed by atoms with Gasteiger partial charge >= 0.3 is 0 Å². The first-order chi connectivity index (χ1) is 8.06. The SMILES string of the molecule is Cc1ccc(Sc2ncc(Br)cc2Br)c(C)c1. The average Bonchev–Trinajstić information content (AvgIpc) is 2.25. The lowest BCUT2D eigenvalue weighted by Crippen LogP contribution is -1.85. The summed E-state index contributed by atoms with van der Waals surface area (Å²) in [6, 6.07) is 8.47. The second kappa shape index (κ2) is 5.55. The predicted molar refractivity (Wildman–Crippen MR) is 79.7 cm³/mol. The lowest BCUT2D eigenvalue weighted by molar-refractivity contribution is 1.09. The molecule has 0 saturated carbocycles. The van der Waals surface area contributed by atoms with Gasteiger partial charge in [0.05, 0.1) is 4.47 Å². The van der Waals surface area contributed by atoms with Gasteiger partial charge in [0.1, 0.15) is 5.03 Å². The fourth-order valence-electron chi connectivity index (χ4n) is 1.50. The first-order valence-electron chi connectivity index (χ1n) is 5.12. The molecule has 2 aromatic rings. The molecule has 1 aromatic heterocycles. The van der Waals surface area contributed by atoms with Crippen LogP contribution in [-0.2, 0) is 0 Å². The molecule has 0 N–H and O–H groups in total. The number of hydrogen-bond acceptors (Lipinski definition) is 2. The number of rotatable bonds is 2. The van der Waals surface area contributed by atoms with E-state index in [0.717, 1.165) is 14.0 Å². The van der Waals surface area contributed by atoms with Crippen LogP contribution in [0.2, 0.25) is 0 Å². The number of hydrogen-bond donors (Lipinski definition) is 0. The van der Waals surface area contributed by atoms with Crippen LogP contribution >= 0.6 is 43.6 Å². The molecule has 0 fully saturated rings. The summed E-state index contributed by atoms with van der Waals surface area (Å²) in [5.74, 6) is 0. The van der Waals surface area contributed by atoms with Crippen molar-refractivity contribution >= 4 is 43.6 Å². The Morgan fingerprint density at radius 3 is 2.53 bits per heavy atom. The van der Waals surface area contributed by atoms with E-state index in [4.69, 9.17) is 0 Å². The Morgan fingerprint density at radius 1 is 1.12 bits per heavy atom. The zero-order chi connectivity index (χ0) is 12.4. The summed E-state index contributed by atoms with van der Waals surface area (Å²) in [7, 11) is 0. The van der Waals surface area contributed by atoms with E-state index < -0.39 is 0 Å². The van der Waals surface area contributed by atoms with E-state index >= 15 is 0 Å². The first-order valence-corrected chi connectivity index (χ1v) is 7.52. The van der Waals surface area contributed by atoms with E-state index in [2.05, 4.69) is 68.9 Å². The average molecular weight is 373 g/mol. The summed E-state index contributed by atoms with van der Waals surface area (Å²) < 4.78 is 1.99. The van der Waals surface area contributed by atoms with Crippen LogP contribution in [0.4, 0.5) is 0 Å². The third-order valence-electron chi connectivity index (χ3n) is 2.31. The minimum Gasteiger partial charge on any atom is -0.247 e. The molecule has 0 aliphatic carbocycles. The molecule has 17 heavy (non-hydrogen) atoms.